The van der Waals surface area contributed by atoms with Gasteiger partial charge in [-0.25, -0.2) is 13.8 Å². The number of carbonyl (C=O) groups excluding carboxylic acids is 1. The lowest BCUT2D eigenvalue weighted by molar-refractivity contribution is -0.604. The third kappa shape index (κ3) is 4.76. The van der Waals surface area contributed by atoms with Crippen molar-refractivity contribution in [3.05, 3.63) is 35.4 Å². The fourth-order valence-electron chi connectivity index (χ4n) is 2.75. The largest absolute Gasteiger partial charge is 0.619 e. The number of rotatable bonds is 8. The molecule has 0 N–H and O–H groups in total. The van der Waals surface area contributed by atoms with E-state index in [1.165, 1.54) is 35.5 Å². The van der Waals surface area contributed by atoms with Crippen LogP contribution in [0, 0.1) is 18.0 Å². The zero-order valence-electron chi connectivity index (χ0n) is 15.2. The number of halogens is 2. The van der Waals surface area contributed by atoms with Crippen LogP contribution in [0.2, 0.25) is 0 Å². The minimum atomic E-state index is -2.50. The number of hydrogen-bond donors (Lipinski definition) is 0. The van der Waals surface area contributed by atoms with E-state index in [0.717, 1.165) is 15.4 Å². The first kappa shape index (κ1) is 20.0. The Bertz CT molecular complexity index is 829. The first-order valence-electron chi connectivity index (χ1n) is 8.74. The summed E-state index contributed by atoms with van der Waals surface area (Å²) >= 11 is 2.78. The molecule has 0 aliphatic heterocycles. The topological polar surface area (TPSA) is 60.1 Å². The summed E-state index contributed by atoms with van der Waals surface area (Å²) in [4.78, 5) is 18.8. The van der Waals surface area contributed by atoms with Gasteiger partial charge >= 0.3 is 0 Å². The normalized spacial score (nSPS) is 17.7. The summed E-state index contributed by atoms with van der Waals surface area (Å²) in [5, 5.41) is 12.9. The molecule has 146 valence electrons. The van der Waals surface area contributed by atoms with E-state index in [4.69, 9.17) is 0 Å². The van der Waals surface area contributed by atoms with Gasteiger partial charge in [0.15, 0.2) is 12.4 Å². The SMILES string of the molecule is CCN(C(=O)CCSCC1CC1(F)F)c1sc(-c2ccc[n+]([O-])c2)nc1C. The Morgan fingerprint density at radius 3 is 2.93 bits per heavy atom. The van der Waals surface area contributed by atoms with E-state index in [2.05, 4.69) is 4.98 Å². The van der Waals surface area contributed by atoms with Crippen LogP contribution in [0.1, 0.15) is 25.5 Å². The number of anilines is 1. The van der Waals surface area contributed by atoms with Gasteiger partial charge in [-0.1, -0.05) is 11.3 Å². The Kier molecular flexibility index (Phi) is 6.00. The summed E-state index contributed by atoms with van der Waals surface area (Å²) < 4.78 is 26.5. The molecule has 27 heavy (non-hydrogen) atoms. The molecule has 2 aromatic heterocycles. The number of carbonyl (C=O) groups is 1. The van der Waals surface area contributed by atoms with Crippen molar-refractivity contribution in [2.45, 2.75) is 32.6 Å². The third-order valence-electron chi connectivity index (χ3n) is 4.39. The fourth-order valence-corrected chi connectivity index (χ4v) is 5.02. The number of nitrogens with zero attached hydrogens (tertiary/aromatic N) is 3. The average Bonchev–Trinajstić information content (AvgIpc) is 3.04. The summed E-state index contributed by atoms with van der Waals surface area (Å²) in [7, 11) is 0. The highest BCUT2D eigenvalue weighted by Gasteiger charge is 2.56. The van der Waals surface area contributed by atoms with Crippen LogP contribution in [0.15, 0.2) is 24.5 Å². The lowest BCUT2D eigenvalue weighted by Gasteiger charge is -2.19. The quantitative estimate of drug-likeness (QED) is 0.374. The van der Waals surface area contributed by atoms with Crippen molar-refractivity contribution in [1.82, 2.24) is 4.98 Å². The molecule has 0 radical (unpaired) electrons. The first-order chi connectivity index (χ1) is 12.8. The van der Waals surface area contributed by atoms with Gasteiger partial charge in [-0.2, -0.15) is 16.5 Å². The molecule has 1 aliphatic carbocycles. The van der Waals surface area contributed by atoms with Crippen molar-refractivity contribution in [3.8, 4) is 10.6 Å². The van der Waals surface area contributed by atoms with Crippen molar-refractivity contribution < 1.29 is 18.3 Å². The lowest BCUT2D eigenvalue weighted by Crippen LogP contribution is -2.30. The number of thiazole rings is 1. The molecule has 1 atom stereocenters. The molecule has 1 amide bonds. The van der Waals surface area contributed by atoms with Crippen LogP contribution in [-0.4, -0.2) is 34.9 Å². The molecule has 1 aliphatic rings. The Labute approximate surface area is 165 Å². The smallest absolute Gasteiger partial charge is 0.252 e. The maximum atomic E-state index is 12.9. The minimum absolute atomic E-state index is 0.0271. The molecule has 0 bridgehead atoms. The van der Waals surface area contributed by atoms with E-state index in [-0.39, 0.29) is 12.3 Å². The second-order valence-corrected chi connectivity index (χ2v) is 8.61. The monoisotopic (exact) mass is 413 g/mol. The summed E-state index contributed by atoms with van der Waals surface area (Å²) in [5.41, 5.74) is 1.44. The molecule has 1 saturated carbocycles. The zero-order valence-corrected chi connectivity index (χ0v) is 16.8. The predicted molar refractivity (Wildman–Crippen MR) is 104 cm³/mol. The molecular formula is C18H21F2N3O2S2. The number of thioether (sulfide) groups is 1. The maximum absolute atomic E-state index is 12.9. The minimum Gasteiger partial charge on any atom is -0.619 e. The summed E-state index contributed by atoms with van der Waals surface area (Å²) in [6.07, 6.45) is 3.13. The van der Waals surface area contributed by atoms with E-state index in [1.54, 1.807) is 17.0 Å². The Balaban J connectivity index is 1.61. The fraction of sp³-hybridized carbons (Fsp3) is 0.500. The molecular weight excluding hydrogens is 392 g/mol. The standard InChI is InChI=1S/C18H21F2N3O2S2/c1-3-23(15(24)6-8-26-11-14-9-18(14,19)20)17-12(2)21-16(27-17)13-5-4-7-22(25)10-13/h4-5,7,10,14H,3,6,8-9,11H2,1-2H3. The number of aryl methyl sites for hydroxylation is 1. The summed E-state index contributed by atoms with van der Waals surface area (Å²) in [5.74, 6) is -2.14. The van der Waals surface area contributed by atoms with Crippen molar-refractivity contribution in [2.24, 2.45) is 5.92 Å². The number of pyridine rings is 1. The molecule has 2 heterocycles. The van der Waals surface area contributed by atoms with E-state index in [1.807, 2.05) is 13.8 Å². The Morgan fingerprint density at radius 2 is 2.30 bits per heavy atom. The van der Waals surface area contributed by atoms with E-state index < -0.39 is 11.8 Å². The highest BCUT2D eigenvalue weighted by atomic mass is 32.2. The number of hydrogen-bond acceptors (Lipinski definition) is 5. The molecule has 1 unspecified atom stereocenters. The van der Waals surface area contributed by atoms with Gasteiger partial charge in [0.05, 0.1) is 11.3 Å². The number of amides is 1. The van der Waals surface area contributed by atoms with Crippen LogP contribution in [-0.2, 0) is 4.79 Å². The highest BCUT2D eigenvalue weighted by molar-refractivity contribution is 7.99. The molecule has 1 fully saturated rings. The van der Waals surface area contributed by atoms with Crippen LogP contribution in [0.5, 0.6) is 0 Å². The highest BCUT2D eigenvalue weighted by Crippen LogP contribution is 2.50. The predicted octanol–water partition coefficient (Wildman–Crippen LogP) is 3.88. The van der Waals surface area contributed by atoms with Gasteiger partial charge in [-0.3, -0.25) is 4.79 Å². The number of alkyl halides is 2. The third-order valence-corrected chi connectivity index (χ3v) is 6.75. The van der Waals surface area contributed by atoms with E-state index in [9.17, 15) is 18.8 Å². The first-order valence-corrected chi connectivity index (χ1v) is 10.7. The van der Waals surface area contributed by atoms with Crippen molar-refractivity contribution in [1.29, 1.82) is 0 Å². The van der Waals surface area contributed by atoms with Crippen LogP contribution in [0.25, 0.3) is 10.6 Å². The second-order valence-electron chi connectivity index (χ2n) is 6.49. The molecule has 3 rings (SSSR count). The summed E-state index contributed by atoms with van der Waals surface area (Å²) in [6.45, 7) is 4.23. The van der Waals surface area contributed by atoms with Gasteiger partial charge in [0.2, 0.25) is 5.91 Å². The molecule has 0 saturated heterocycles. The van der Waals surface area contributed by atoms with Gasteiger partial charge in [-0.05, 0) is 19.9 Å². The zero-order chi connectivity index (χ0) is 19.6. The van der Waals surface area contributed by atoms with Crippen LogP contribution >= 0.6 is 23.1 Å². The average molecular weight is 414 g/mol. The molecule has 2 aromatic rings. The van der Waals surface area contributed by atoms with Crippen LogP contribution in [0.3, 0.4) is 0 Å². The Hall–Kier alpha value is -1.74. The number of aromatic nitrogens is 2. The maximum Gasteiger partial charge on any atom is 0.252 e. The van der Waals surface area contributed by atoms with E-state index >= 15 is 0 Å². The molecule has 0 aromatic carbocycles. The second kappa shape index (κ2) is 8.10. The van der Waals surface area contributed by atoms with Crippen molar-refractivity contribution >= 4 is 34.0 Å². The summed E-state index contributed by atoms with van der Waals surface area (Å²) in [6, 6.07) is 3.46. The van der Waals surface area contributed by atoms with Crippen molar-refractivity contribution in [3.63, 3.8) is 0 Å². The Morgan fingerprint density at radius 1 is 1.56 bits per heavy atom. The molecule has 9 heteroatoms. The lowest BCUT2D eigenvalue weighted by atomic mass is 10.3. The van der Waals surface area contributed by atoms with Crippen LogP contribution in [0.4, 0.5) is 13.8 Å². The van der Waals surface area contributed by atoms with Crippen LogP contribution < -0.4 is 9.63 Å². The molecule has 5 nitrogen and oxygen atoms in total. The van der Waals surface area contributed by atoms with Gasteiger partial charge in [0.1, 0.15) is 10.0 Å². The molecule has 0 spiro atoms. The van der Waals surface area contributed by atoms with Gasteiger partial charge in [-0.15, -0.1) is 0 Å². The van der Waals surface area contributed by atoms with Gasteiger partial charge < -0.3 is 10.1 Å². The van der Waals surface area contributed by atoms with Gasteiger partial charge in [0, 0.05) is 42.9 Å². The van der Waals surface area contributed by atoms with E-state index in [0.29, 0.717) is 35.0 Å². The van der Waals surface area contributed by atoms with Gasteiger partial charge in [0.25, 0.3) is 5.92 Å². The van der Waals surface area contributed by atoms with Crippen molar-refractivity contribution in [2.75, 3.05) is 23.0 Å².